The van der Waals surface area contributed by atoms with Gasteiger partial charge in [0.15, 0.2) is 0 Å². The molecular formula is C14H27O4P. The van der Waals surface area contributed by atoms with Gasteiger partial charge in [-0.15, -0.1) is 0 Å². The minimum atomic E-state index is -2.11. The molecule has 5 heteroatoms. The lowest BCUT2D eigenvalue weighted by molar-refractivity contribution is -0.0294. The molecule has 0 amide bonds. The summed E-state index contributed by atoms with van der Waals surface area (Å²) in [5.41, 5.74) is 0.922. The summed E-state index contributed by atoms with van der Waals surface area (Å²) in [6.45, 7) is 12.9. The Kier molecular flexibility index (Phi) is 6.25. The molecule has 0 saturated carbocycles. The molecule has 112 valence electrons. The second kappa shape index (κ2) is 7.03. The number of hydrogen-bond donors (Lipinski definition) is 0. The van der Waals surface area contributed by atoms with Gasteiger partial charge in [-0.25, -0.2) is 0 Å². The zero-order valence-corrected chi connectivity index (χ0v) is 13.6. The Hall–Kier alpha value is -0.150. The Bertz CT molecular complexity index is 349. The molecule has 1 aliphatic rings. The minimum Gasteiger partial charge on any atom is -0.382 e. The molecule has 0 unspecified atom stereocenters. The van der Waals surface area contributed by atoms with Crippen molar-refractivity contribution in [3.8, 4) is 0 Å². The third-order valence-corrected chi connectivity index (χ3v) is 4.57. The maximum atomic E-state index is 11.9. The zero-order valence-electron chi connectivity index (χ0n) is 12.7. The van der Waals surface area contributed by atoms with Crippen LogP contribution in [0.4, 0.5) is 0 Å². The molecular weight excluding hydrogens is 263 g/mol. The molecule has 0 aliphatic carbocycles. The maximum absolute atomic E-state index is 11.9. The van der Waals surface area contributed by atoms with Crippen molar-refractivity contribution in [2.24, 2.45) is 5.92 Å². The second-order valence-electron chi connectivity index (χ2n) is 5.84. The summed E-state index contributed by atoms with van der Waals surface area (Å²) in [6.07, 6.45) is 0.557. The molecule has 19 heavy (non-hydrogen) atoms. The summed E-state index contributed by atoms with van der Waals surface area (Å²) in [5, 5.41) is 0. The van der Waals surface area contributed by atoms with Crippen LogP contribution >= 0.6 is 7.14 Å². The third kappa shape index (κ3) is 5.03. The first-order valence-electron chi connectivity index (χ1n) is 6.74. The van der Waals surface area contributed by atoms with Crippen molar-refractivity contribution in [1.29, 1.82) is 0 Å². The second-order valence-corrected chi connectivity index (χ2v) is 9.30. The van der Waals surface area contributed by atoms with Crippen LogP contribution in [0.15, 0.2) is 12.2 Å². The molecule has 1 fully saturated rings. The van der Waals surface area contributed by atoms with E-state index >= 15 is 0 Å². The predicted octanol–water partition coefficient (Wildman–Crippen LogP) is 2.62. The largest absolute Gasteiger partial charge is 0.382 e. The number of ether oxygens (including phenoxy) is 3. The van der Waals surface area contributed by atoms with Gasteiger partial charge in [0.1, 0.15) is 0 Å². The molecule has 0 aromatic rings. The first kappa shape index (κ1) is 16.9. The molecule has 1 rings (SSSR count). The molecule has 0 aromatic heterocycles. The van der Waals surface area contributed by atoms with E-state index in [1.165, 1.54) is 0 Å². The van der Waals surface area contributed by atoms with Crippen LogP contribution in [0.5, 0.6) is 0 Å². The molecule has 4 nitrogen and oxygen atoms in total. The van der Waals surface area contributed by atoms with Crippen LogP contribution in [-0.2, 0) is 18.8 Å². The van der Waals surface area contributed by atoms with Gasteiger partial charge in [-0.05, 0) is 25.8 Å². The van der Waals surface area contributed by atoms with Gasteiger partial charge in [-0.2, -0.15) is 0 Å². The number of hydrogen-bond acceptors (Lipinski definition) is 4. The van der Waals surface area contributed by atoms with Crippen LogP contribution in [0.25, 0.3) is 0 Å². The normalized spacial score (nSPS) is 31.6. The van der Waals surface area contributed by atoms with E-state index < -0.39 is 7.14 Å². The van der Waals surface area contributed by atoms with Crippen LogP contribution in [0.1, 0.15) is 13.8 Å². The highest BCUT2D eigenvalue weighted by molar-refractivity contribution is 7.62. The van der Waals surface area contributed by atoms with Crippen LogP contribution in [0, 0.1) is 5.92 Å². The SMILES string of the molecule is C=C(CP(C)(C)=O)[C@H]1O[C@@H](C)[C@H](OCCOC)[C@@H]1C. The molecule has 4 atom stereocenters. The van der Waals surface area contributed by atoms with Crippen molar-refractivity contribution >= 4 is 7.14 Å². The van der Waals surface area contributed by atoms with Gasteiger partial charge in [0.2, 0.25) is 0 Å². The monoisotopic (exact) mass is 290 g/mol. The van der Waals surface area contributed by atoms with Gasteiger partial charge in [0, 0.05) is 19.2 Å². The van der Waals surface area contributed by atoms with E-state index in [9.17, 15) is 4.57 Å². The van der Waals surface area contributed by atoms with E-state index in [-0.39, 0.29) is 24.2 Å². The van der Waals surface area contributed by atoms with Crippen LogP contribution in [0.3, 0.4) is 0 Å². The molecule has 0 aromatic carbocycles. The fraction of sp³-hybridized carbons (Fsp3) is 0.857. The van der Waals surface area contributed by atoms with Gasteiger partial charge >= 0.3 is 0 Å². The van der Waals surface area contributed by atoms with E-state index in [0.29, 0.717) is 19.4 Å². The zero-order chi connectivity index (χ0) is 14.6. The lowest BCUT2D eigenvalue weighted by Gasteiger charge is -2.22. The summed E-state index contributed by atoms with van der Waals surface area (Å²) in [5.74, 6) is 0.228. The van der Waals surface area contributed by atoms with E-state index in [0.717, 1.165) is 5.57 Å². The highest BCUT2D eigenvalue weighted by atomic mass is 31.2. The smallest absolute Gasteiger partial charge is 0.0888 e. The minimum absolute atomic E-state index is 0.0294. The molecule has 1 aliphatic heterocycles. The third-order valence-electron chi connectivity index (χ3n) is 3.40. The molecule has 0 spiro atoms. The topological polar surface area (TPSA) is 44.8 Å². The highest BCUT2D eigenvalue weighted by Gasteiger charge is 2.41. The lowest BCUT2D eigenvalue weighted by Crippen LogP contribution is -2.29. The average molecular weight is 290 g/mol. The van der Waals surface area contributed by atoms with Crippen molar-refractivity contribution < 1.29 is 18.8 Å². The summed E-state index contributed by atoms with van der Waals surface area (Å²) in [7, 11) is -0.448. The lowest BCUT2D eigenvalue weighted by atomic mass is 9.95. The van der Waals surface area contributed by atoms with Crippen LogP contribution in [0.2, 0.25) is 0 Å². The van der Waals surface area contributed by atoms with Crippen molar-refractivity contribution in [3.05, 3.63) is 12.2 Å². The summed E-state index contributed by atoms with van der Waals surface area (Å²) >= 11 is 0. The van der Waals surface area contributed by atoms with Crippen molar-refractivity contribution in [2.45, 2.75) is 32.2 Å². The molecule has 0 radical (unpaired) electrons. The van der Waals surface area contributed by atoms with Crippen molar-refractivity contribution in [1.82, 2.24) is 0 Å². The van der Waals surface area contributed by atoms with Crippen molar-refractivity contribution in [3.63, 3.8) is 0 Å². The Morgan fingerprint density at radius 2 is 1.95 bits per heavy atom. The summed E-state index contributed by atoms with van der Waals surface area (Å²) < 4.78 is 28.6. The Morgan fingerprint density at radius 1 is 1.32 bits per heavy atom. The Labute approximate surface area is 116 Å². The van der Waals surface area contributed by atoms with Gasteiger partial charge < -0.3 is 18.8 Å². The first-order chi connectivity index (χ1) is 8.76. The van der Waals surface area contributed by atoms with Crippen molar-refractivity contribution in [2.75, 3.05) is 39.8 Å². The van der Waals surface area contributed by atoms with Crippen LogP contribution < -0.4 is 0 Å². The quantitative estimate of drug-likeness (QED) is 0.411. The standard InChI is InChI=1S/C14H27O4P/c1-10(9-19(5,6)15)13-11(2)14(12(3)18-13)17-8-7-16-4/h11-14H,1,7-9H2,2-6H3/t11-,12+,13-,14-/m1/s1. The average Bonchev–Trinajstić information content (AvgIpc) is 2.54. The fourth-order valence-corrected chi connectivity index (χ4v) is 3.79. The summed E-state index contributed by atoms with van der Waals surface area (Å²) in [6, 6.07) is 0. The Morgan fingerprint density at radius 3 is 2.47 bits per heavy atom. The van der Waals surface area contributed by atoms with E-state index in [1.807, 2.05) is 6.92 Å². The van der Waals surface area contributed by atoms with E-state index in [1.54, 1.807) is 20.4 Å². The molecule has 0 bridgehead atoms. The predicted molar refractivity (Wildman–Crippen MR) is 78.6 cm³/mol. The van der Waals surface area contributed by atoms with Gasteiger partial charge in [-0.1, -0.05) is 13.5 Å². The number of methoxy groups -OCH3 is 1. The van der Waals surface area contributed by atoms with Gasteiger partial charge in [0.25, 0.3) is 0 Å². The van der Waals surface area contributed by atoms with E-state index in [4.69, 9.17) is 14.2 Å². The van der Waals surface area contributed by atoms with Gasteiger partial charge in [-0.3, -0.25) is 0 Å². The highest BCUT2D eigenvalue weighted by Crippen LogP contribution is 2.42. The van der Waals surface area contributed by atoms with E-state index in [2.05, 4.69) is 13.5 Å². The summed E-state index contributed by atoms with van der Waals surface area (Å²) in [4.78, 5) is 0. The molecule has 1 saturated heterocycles. The Balaban J connectivity index is 2.59. The molecule has 1 heterocycles. The fourth-order valence-electron chi connectivity index (χ4n) is 2.63. The molecule has 0 N–H and O–H groups in total. The first-order valence-corrected chi connectivity index (χ1v) is 9.52. The van der Waals surface area contributed by atoms with Crippen LogP contribution in [-0.4, -0.2) is 58.1 Å². The maximum Gasteiger partial charge on any atom is 0.0888 e. The number of rotatable bonds is 7. The van der Waals surface area contributed by atoms with Gasteiger partial charge in [0.05, 0.1) is 38.7 Å².